The Morgan fingerprint density at radius 1 is 1.37 bits per heavy atom. The third-order valence-corrected chi connectivity index (χ3v) is 2.31. The third-order valence-electron chi connectivity index (χ3n) is 2.31. The van der Waals surface area contributed by atoms with Crippen molar-refractivity contribution >= 4 is 18.3 Å². The van der Waals surface area contributed by atoms with Crippen LogP contribution in [0.1, 0.15) is 19.4 Å². The van der Waals surface area contributed by atoms with Crippen LogP contribution in [0.5, 0.6) is 5.75 Å². The van der Waals surface area contributed by atoms with Crippen LogP contribution < -0.4 is 15.4 Å². The number of halogens is 1. The second-order valence-electron chi connectivity index (χ2n) is 4.66. The van der Waals surface area contributed by atoms with Crippen LogP contribution in [0, 0.1) is 5.92 Å². The fourth-order valence-corrected chi connectivity index (χ4v) is 1.43. The summed E-state index contributed by atoms with van der Waals surface area (Å²) in [4.78, 5) is 11.3. The maximum atomic E-state index is 11.3. The van der Waals surface area contributed by atoms with E-state index < -0.39 is 0 Å². The number of nitrogens with one attached hydrogen (secondary N) is 2. The van der Waals surface area contributed by atoms with Crippen molar-refractivity contribution in [1.29, 1.82) is 0 Å². The molecule has 1 aromatic rings. The molecule has 0 aliphatic rings. The number of amides is 1. The van der Waals surface area contributed by atoms with Crippen LogP contribution in [0.15, 0.2) is 24.3 Å². The summed E-state index contributed by atoms with van der Waals surface area (Å²) in [5.41, 5.74) is 1.04. The minimum absolute atomic E-state index is 0. The average molecular weight is 287 g/mol. The molecule has 5 heteroatoms. The zero-order chi connectivity index (χ0) is 13.4. The van der Waals surface area contributed by atoms with Gasteiger partial charge in [-0.25, -0.2) is 0 Å². The Morgan fingerprint density at radius 3 is 2.74 bits per heavy atom. The molecule has 1 aromatic carbocycles. The van der Waals surface area contributed by atoms with E-state index >= 15 is 0 Å². The number of carbonyl (C=O) groups excluding carboxylic acids is 1. The fraction of sp³-hybridized carbons (Fsp3) is 0.500. The molecule has 0 aromatic heterocycles. The zero-order valence-corrected chi connectivity index (χ0v) is 12.5. The Bertz CT molecular complexity index is 383. The maximum absolute atomic E-state index is 11.3. The molecule has 0 unspecified atom stereocenters. The van der Waals surface area contributed by atoms with Gasteiger partial charge in [0.25, 0.3) is 0 Å². The van der Waals surface area contributed by atoms with Gasteiger partial charge >= 0.3 is 0 Å². The van der Waals surface area contributed by atoms with E-state index in [1.165, 1.54) is 0 Å². The van der Waals surface area contributed by atoms with E-state index in [4.69, 9.17) is 4.74 Å². The van der Waals surface area contributed by atoms with Crippen molar-refractivity contribution in [2.24, 2.45) is 5.92 Å². The van der Waals surface area contributed by atoms with Gasteiger partial charge in [-0.1, -0.05) is 26.0 Å². The Balaban J connectivity index is 0.00000324. The number of likely N-dealkylation sites (N-methyl/N-ethyl adjacent to an activating group) is 1. The van der Waals surface area contributed by atoms with Crippen molar-refractivity contribution in [3.63, 3.8) is 0 Å². The van der Waals surface area contributed by atoms with E-state index in [1.54, 1.807) is 7.05 Å². The fourth-order valence-electron chi connectivity index (χ4n) is 1.43. The zero-order valence-electron chi connectivity index (χ0n) is 11.7. The molecule has 19 heavy (non-hydrogen) atoms. The van der Waals surface area contributed by atoms with Crippen LogP contribution in [-0.2, 0) is 11.3 Å². The Labute approximate surface area is 121 Å². The van der Waals surface area contributed by atoms with Crippen molar-refractivity contribution in [2.45, 2.75) is 20.4 Å². The molecule has 1 amide bonds. The first-order chi connectivity index (χ1) is 8.61. The van der Waals surface area contributed by atoms with Crippen molar-refractivity contribution in [1.82, 2.24) is 10.6 Å². The molecule has 0 radical (unpaired) electrons. The lowest BCUT2D eigenvalue weighted by atomic mass is 10.2. The summed E-state index contributed by atoms with van der Waals surface area (Å²) in [6.45, 7) is 5.79. The summed E-state index contributed by atoms with van der Waals surface area (Å²) in [5.74, 6) is 1.35. The van der Waals surface area contributed by atoms with E-state index in [0.29, 0.717) is 25.6 Å². The standard InChI is InChI=1S/C14H22N2O2.ClH/c1-11(2)10-18-13-6-4-5-12(7-13)8-16-14(17)9-15-3;/h4-7,11,15H,8-10H2,1-3H3,(H,16,17);1H. The second kappa shape index (κ2) is 9.64. The average Bonchev–Trinajstić information content (AvgIpc) is 2.35. The lowest BCUT2D eigenvalue weighted by molar-refractivity contribution is -0.120. The lowest BCUT2D eigenvalue weighted by Gasteiger charge is -2.10. The van der Waals surface area contributed by atoms with E-state index in [-0.39, 0.29) is 18.3 Å². The lowest BCUT2D eigenvalue weighted by Crippen LogP contribution is -2.31. The number of rotatable bonds is 7. The molecule has 2 N–H and O–H groups in total. The van der Waals surface area contributed by atoms with Gasteiger partial charge in [0.05, 0.1) is 13.2 Å². The molecule has 0 heterocycles. The van der Waals surface area contributed by atoms with E-state index in [2.05, 4.69) is 24.5 Å². The number of benzene rings is 1. The van der Waals surface area contributed by atoms with Crippen LogP contribution >= 0.6 is 12.4 Å². The van der Waals surface area contributed by atoms with Gasteiger partial charge in [0.1, 0.15) is 5.75 Å². The molecule has 0 fully saturated rings. The first-order valence-corrected chi connectivity index (χ1v) is 6.25. The smallest absolute Gasteiger partial charge is 0.234 e. The van der Waals surface area contributed by atoms with Gasteiger partial charge in [0.2, 0.25) is 5.91 Å². The van der Waals surface area contributed by atoms with Crippen molar-refractivity contribution in [2.75, 3.05) is 20.2 Å². The number of carbonyl (C=O) groups is 1. The van der Waals surface area contributed by atoms with Gasteiger partial charge in [0, 0.05) is 6.54 Å². The van der Waals surface area contributed by atoms with Gasteiger partial charge in [-0.2, -0.15) is 0 Å². The second-order valence-corrected chi connectivity index (χ2v) is 4.66. The maximum Gasteiger partial charge on any atom is 0.234 e. The van der Waals surface area contributed by atoms with Crippen LogP contribution in [0.4, 0.5) is 0 Å². The molecule has 108 valence electrons. The van der Waals surface area contributed by atoms with Gasteiger partial charge in [-0.15, -0.1) is 12.4 Å². The topological polar surface area (TPSA) is 50.4 Å². The van der Waals surface area contributed by atoms with E-state index in [9.17, 15) is 4.79 Å². The summed E-state index contributed by atoms with van der Waals surface area (Å²) in [6, 6.07) is 7.81. The highest BCUT2D eigenvalue weighted by Crippen LogP contribution is 2.14. The van der Waals surface area contributed by atoms with Crippen LogP contribution in [0.2, 0.25) is 0 Å². The predicted molar refractivity (Wildman–Crippen MR) is 79.8 cm³/mol. The largest absolute Gasteiger partial charge is 0.493 e. The number of hydrogen-bond donors (Lipinski definition) is 2. The summed E-state index contributed by atoms with van der Waals surface area (Å²) < 4.78 is 5.64. The Kier molecular flexibility index (Phi) is 9.00. The number of hydrogen-bond acceptors (Lipinski definition) is 3. The molecule has 0 spiro atoms. The normalized spacial score (nSPS) is 9.89. The molecule has 0 aliphatic carbocycles. The van der Waals surface area contributed by atoms with Gasteiger partial charge < -0.3 is 15.4 Å². The third kappa shape index (κ3) is 7.70. The highest BCUT2D eigenvalue weighted by Gasteiger charge is 2.01. The summed E-state index contributed by atoms with van der Waals surface area (Å²) in [7, 11) is 1.75. The molecule has 0 bridgehead atoms. The number of ether oxygens (including phenoxy) is 1. The summed E-state index contributed by atoms with van der Waals surface area (Å²) in [5, 5.41) is 5.65. The van der Waals surface area contributed by atoms with Gasteiger partial charge in [-0.05, 0) is 30.7 Å². The van der Waals surface area contributed by atoms with Gasteiger partial charge in [0.15, 0.2) is 0 Å². The Morgan fingerprint density at radius 2 is 2.11 bits per heavy atom. The quantitative estimate of drug-likeness (QED) is 0.806. The summed E-state index contributed by atoms with van der Waals surface area (Å²) in [6.07, 6.45) is 0. The van der Waals surface area contributed by atoms with Crippen LogP contribution in [0.25, 0.3) is 0 Å². The predicted octanol–water partition coefficient (Wildman–Crippen LogP) is 1.98. The molecular formula is C14H23ClN2O2. The molecular weight excluding hydrogens is 264 g/mol. The highest BCUT2D eigenvalue weighted by molar-refractivity contribution is 5.85. The van der Waals surface area contributed by atoms with Crippen LogP contribution in [0.3, 0.4) is 0 Å². The van der Waals surface area contributed by atoms with E-state index in [1.807, 2.05) is 24.3 Å². The monoisotopic (exact) mass is 286 g/mol. The Hall–Kier alpha value is -1.26. The highest BCUT2D eigenvalue weighted by atomic mass is 35.5. The van der Waals surface area contributed by atoms with Crippen LogP contribution in [-0.4, -0.2) is 26.1 Å². The molecule has 0 atom stereocenters. The molecule has 1 rings (SSSR count). The first-order valence-electron chi connectivity index (χ1n) is 6.25. The minimum atomic E-state index is -0.00833. The van der Waals surface area contributed by atoms with Gasteiger partial charge in [-0.3, -0.25) is 4.79 Å². The molecule has 0 saturated carbocycles. The molecule has 0 saturated heterocycles. The summed E-state index contributed by atoms with van der Waals surface area (Å²) >= 11 is 0. The van der Waals surface area contributed by atoms with Crippen molar-refractivity contribution < 1.29 is 9.53 Å². The molecule has 0 aliphatic heterocycles. The first kappa shape index (κ1) is 17.7. The minimum Gasteiger partial charge on any atom is -0.493 e. The van der Waals surface area contributed by atoms with E-state index in [0.717, 1.165) is 11.3 Å². The SMILES string of the molecule is CNCC(=O)NCc1cccc(OCC(C)C)c1.Cl. The van der Waals surface area contributed by atoms with Crippen molar-refractivity contribution in [3.05, 3.63) is 29.8 Å². The van der Waals surface area contributed by atoms with Crippen molar-refractivity contribution in [3.8, 4) is 5.75 Å². The molecule has 4 nitrogen and oxygen atoms in total.